The van der Waals surface area contributed by atoms with Crippen LogP contribution in [0.25, 0.3) is 0 Å². The Bertz CT molecular complexity index is 494. The van der Waals surface area contributed by atoms with Crippen LogP contribution in [0.15, 0.2) is 29.2 Å². The highest BCUT2D eigenvalue weighted by Crippen LogP contribution is 2.10. The van der Waals surface area contributed by atoms with Crippen LogP contribution in [0, 0.1) is 0 Å². The van der Waals surface area contributed by atoms with Crippen molar-refractivity contribution in [3.8, 4) is 0 Å². The van der Waals surface area contributed by atoms with Crippen LogP contribution in [0.3, 0.4) is 0 Å². The second kappa shape index (κ2) is 6.74. The van der Waals surface area contributed by atoms with Crippen molar-refractivity contribution in [3.63, 3.8) is 0 Å². The Morgan fingerprint density at radius 1 is 1.37 bits per heavy atom. The van der Waals surface area contributed by atoms with Gasteiger partial charge in [-0.05, 0) is 17.7 Å². The number of benzene rings is 1. The van der Waals surface area contributed by atoms with Gasteiger partial charge in [0, 0.05) is 43.4 Å². The third-order valence-electron chi connectivity index (χ3n) is 3.07. The third kappa shape index (κ3) is 4.80. The summed E-state index contributed by atoms with van der Waals surface area (Å²) in [4.78, 5) is 0.376. The fraction of sp³-hybridized carbons (Fsp3) is 0.538. The molecule has 0 saturated carbocycles. The van der Waals surface area contributed by atoms with E-state index in [0.29, 0.717) is 10.9 Å². The lowest BCUT2D eigenvalue weighted by molar-refractivity contribution is 0.513. The molecule has 6 heteroatoms. The van der Waals surface area contributed by atoms with E-state index in [1.807, 2.05) is 23.9 Å². The largest absolute Gasteiger partial charge is 0.311 e. The van der Waals surface area contributed by atoms with Crippen molar-refractivity contribution in [2.45, 2.75) is 17.5 Å². The van der Waals surface area contributed by atoms with Crippen molar-refractivity contribution >= 4 is 21.6 Å². The van der Waals surface area contributed by atoms with Crippen LogP contribution < -0.4 is 10.6 Å². The van der Waals surface area contributed by atoms with Crippen molar-refractivity contribution in [1.29, 1.82) is 0 Å². The van der Waals surface area contributed by atoms with Crippen molar-refractivity contribution in [3.05, 3.63) is 29.8 Å². The second-order valence-electron chi connectivity index (χ2n) is 4.77. The highest BCUT2D eigenvalue weighted by molar-refractivity contribution is 7.99. The molecule has 1 aromatic carbocycles. The van der Waals surface area contributed by atoms with E-state index in [4.69, 9.17) is 0 Å². The normalized spacial score (nSPS) is 20.4. The molecular weight excluding hydrogens is 280 g/mol. The molecule has 4 nitrogen and oxygen atoms in total. The van der Waals surface area contributed by atoms with Gasteiger partial charge in [-0.15, -0.1) is 0 Å². The van der Waals surface area contributed by atoms with Gasteiger partial charge in [0.05, 0.1) is 4.90 Å². The molecule has 1 saturated heterocycles. The van der Waals surface area contributed by atoms with Crippen LogP contribution in [0.5, 0.6) is 0 Å². The summed E-state index contributed by atoms with van der Waals surface area (Å²) in [5, 5.41) is 6.88. The molecule has 106 valence electrons. The van der Waals surface area contributed by atoms with Gasteiger partial charge < -0.3 is 10.6 Å². The molecule has 0 bridgehead atoms. The van der Waals surface area contributed by atoms with Crippen LogP contribution in [0.2, 0.25) is 0 Å². The Morgan fingerprint density at radius 2 is 2.11 bits per heavy atom. The summed E-state index contributed by atoms with van der Waals surface area (Å²) in [6, 6.07) is 7.61. The summed E-state index contributed by atoms with van der Waals surface area (Å²) < 4.78 is 22.7. The molecule has 1 aliphatic rings. The molecule has 0 spiro atoms. The van der Waals surface area contributed by atoms with Gasteiger partial charge in [-0.25, -0.2) is 8.42 Å². The van der Waals surface area contributed by atoms with Gasteiger partial charge in [-0.3, -0.25) is 0 Å². The molecule has 1 unspecified atom stereocenters. The highest BCUT2D eigenvalue weighted by atomic mass is 32.2. The maximum absolute atomic E-state index is 11.3. The average molecular weight is 300 g/mol. The van der Waals surface area contributed by atoms with E-state index < -0.39 is 9.84 Å². The lowest BCUT2D eigenvalue weighted by Crippen LogP contribution is -2.44. The number of hydrogen-bond donors (Lipinski definition) is 2. The maximum atomic E-state index is 11.3. The Balaban J connectivity index is 1.80. The minimum Gasteiger partial charge on any atom is -0.311 e. The summed E-state index contributed by atoms with van der Waals surface area (Å²) in [6.07, 6.45) is 1.23. The van der Waals surface area contributed by atoms with Crippen LogP contribution in [0.1, 0.15) is 5.56 Å². The van der Waals surface area contributed by atoms with E-state index in [1.54, 1.807) is 12.1 Å². The van der Waals surface area contributed by atoms with Gasteiger partial charge in [0.1, 0.15) is 0 Å². The summed E-state index contributed by atoms with van der Waals surface area (Å²) >= 11 is 1.98. The summed E-state index contributed by atoms with van der Waals surface area (Å²) in [7, 11) is -3.09. The molecule has 1 fully saturated rings. The number of rotatable bonds is 5. The van der Waals surface area contributed by atoms with Gasteiger partial charge in [0.15, 0.2) is 9.84 Å². The number of hydrogen-bond acceptors (Lipinski definition) is 5. The first-order valence-electron chi connectivity index (χ1n) is 6.36. The topological polar surface area (TPSA) is 58.2 Å². The zero-order valence-electron chi connectivity index (χ0n) is 11.1. The van der Waals surface area contributed by atoms with Gasteiger partial charge in [-0.2, -0.15) is 11.8 Å². The quantitative estimate of drug-likeness (QED) is 0.845. The fourth-order valence-electron chi connectivity index (χ4n) is 2.00. The number of sulfone groups is 1. The Hall–Kier alpha value is -0.560. The van der Waals surface area contributed by atoms with Gasteiger partial charge in [0.25, 0.3) is 0 Å². The zero-order chi connectivity index (χ0) is 13.7. The van der Waals surface area contributed by atoms with Crippen molar-refractivity contribution < 1.29 is 8.42 Å². The monoisotopic (exact) mass is 300 g/mol. The maximum Gasteiger partial charge on any atom is 0.175 e. The molecule has 0 radical (unpaired) electrons. The van der Waals surface area contributed by atoms with Crippen LogP contribution >= 0.6 is 11.8 Å². The standard InChI is InChI=1S/C13H20N2O2S2/c1-19(16,17)13-4-2-11(3-5-13)8-14-9-12-10-18-7-6-15-12/h2-5,12,14-15H,6-10H2,1H3. The van der Waals surface area contributed by atoms with E-state index in [9.17, 15) is 8.42 Å². The SMILES string of the molecule is CS(=O)(=O)c1ccc(CNCC2CSCCN2)cc1. The van der Waals surface area contributed by atoms with Gasteiger partial charge >= 0.3 is 0 Å². The molecule has 0 amide bonds. The van der Waals surface area contributed by atoms with E-state index in [-0.39, 0.29) is 0 Å². The molecule has 1 heterocycles. The molecular formula is C13H20N2O2S2. The molecule has 0 aliphatic carbocycles. The smallest absolute Gasteiger partial charge is 0.175 e. The second-order valence-corrected chi connectivity index (χ2v) is 7.94. The molecule has 1 atom stereocenters. The molecule has 2 rings (SSSR count). The van der Waals surface area contributed by atoms with E-state index in [0.717, 1.165) is 31.0 Å². The lowest BCUT2D eigenvalue weighted by atomic mass is 10.2. The summed E-state index contributed by atoms with van der Waals surface area (Å²) in [6.45, 7) is 2.80. The zero-order valence-corrected chi connectivity index (χ0v) is 12.7. The fourth-order valence-corrected chi connectivity index (χ4v) is 3.58. The third-order valence-corrected chi connectivity index (χ3v) is 5.33. The number of nitrogens with one attached hydrogen (secondary N) is 2. The average Bonchev–Trinajstić information content (AvgIpc) is 2.39. The van der Waals surface area contributed by atoms with E-state index in [2.05, 4.69) is 10.6 Å². The van der Waals surface area contributed by atoms with E-state index >= 15 is 0 Å². The first-order chi connectivity index (χ1) is 9.05. The summed E-state index contributed by atoms with van der Waals surface area (Å²) in [5.41, 5.74) is 1.11. The molecule has 0 aromatic heterocycles. The van der Waals surface area contributed by atoms with Gasteiger partial charge in [0.2, 0.25) is 0 Å². The first kappa shape index (κ1) is 14.8. The number of thioether (sulfide) groups is 1. The minimum absolute atomic E-state index is 0.376. The Labute approximate surface area is 119 Å². The molecule has 1 aliphatic heterocycles. The minimum atomic E-state index is -3.09. The van der Waals surface area contributed by atoms with E-state index in [1.165, 1.54) is 12.0 Å². The molecule has 1 aromatic rings. The van der Waals surface area contributed by atoms with Crippen LogP contribution in [0.4, 0.5) is 0 Å². The summed E-state index contributed by atoms with van der Waals surface area (Å²) in [5.74, 6) is 2.35. The van der Waals surface area contributed by atoms with Crippen molar-refractivity contribution in [2.24, 2.45) is 0 Å². The van der Waals surface area contributed by atoms with Crippen LogP contribution in [-0.4, -0.2) is 45.3 Å². The molecule has 2 N–H and O–H groups in total. The Morgan fingerprint density at radius 3 is 2.68 bits per heavy atom. The first-order valence-corrected chi connectivity index (χ1v) is 9.41. The van der Waals surface area contributed by atoms with Crippen molar-refractivity contribution in [2.75, 3.05) is 30.9 Å². The highest BCUT2D eigenvalue weighted by Gasteiger charge is 2.12. The predicted molar refractivity (Wildman–Crippen MR) is 80.4 cm³/mol. The molecule has 19 heavy (non-hydrogen) atoms. The van der Waals surface area contributed by atoms with Gasteiger partial charge in [-0.1, -0.05) is 12.1 Å². The predicted octanol–water partition coefficient (Wildman–Crippen LogP) is 0.885. The lowest BCUT2D eigenvalue weighted by Gasteiger charge is -2.23. The van der Waals surface area contributed by atoms with Crippen LogP contribution in [-0.2, 0) is 16.4 Å². The Kier molecular flexibility index (Phi) is 5.27. The van der Waals surface area contributed by atoms with Crippen molar-refractivity contribution in [1.82, 2.24) is 10.6 Å².